The van der Waals surface area contributed by atoms with E-state index >= 15 is 0 Å². The first-order valence-electron chi connectivity index (χ1n) is 13.7. The van der Waals surface area contributed by atoms with Crippen LogP contribution in [0.5, 0.6) is 17.2 Å². The van der Waals surface area contributed by atoms with Crippen molar-refractivity contribution in [3.63, 3.8) is 0 Å². The fourth-order valence-electron chi connectivity index (χ4n) is 4.33. The Hall–Kier alpha value is -3.72. The first-order chi connectivity index (χ1) is 21.6. The fourth-order valence-corrected chi connectivity index (χ4v) is 5.49. The Morgan fingerprint density at radius 1 is 1.09 bits per heavy atom. The van der Waals surface area contributed by atoms with Gasteiger partial charge in [0.25, 0.3) is 0 Å². The lowest BCUT2D eigenvalue weighted by atomic mass is 9.95. The number of hydrazone groups is 1. The van der Waals surface area contributed by atoms with Crippen LogP contribution in [0, 0.1) is 3.57 Å². The first kappa shape index (κ1) is 34.2. The van der Waals surface area contributed by atoms with Crippen molar-refractivity contribution in [3.05, 3.63) is 96.2 Å². The van der Waals surface area contributed by atoms with Gasteiger partial charge in [0.05, 0.1) is 35.1 Å². The molecule has 0 radical (unpaired) electrons. The summed E-state index contributed by atoms with van der Waals surface area (Å²) in [7, 11) is 1.27. The molecule has 0 fully saturated rings. The van der Waals surface area contributed by atoms with Crippen molar-refractivity contribution in [2.24, 2.45) is 5.10 Å². The number of methoxy groups -OCH3 is 1. The average Bonchev–Trinajstić information content (AvgIpc) is 3.00. The van der Waals surface area contributed by atoms with Gasteiger partial charge in [0.15, 0.2) is 17.7 Å². The lowest BCUT2D eigenvalue weighted by Gasteiger charge is -2.28. The van der Waals surface area contributed by atoms with Crippen molar-refractivity contribution < 1.29 is 33.6 Å². The number of halogens is 3. The molecule has 11 nitrogen and oxygen atoms in total. The van der Waals surface area contributed by atoms with E-state index in [1.165, 1.54) is 7.11 Å². The molecule has 14 heteroatoms. The van der Waals surface area contributed by atoms with Crippen molar-refractivity contribution in [1.29, 1.82) is 0 Å². The summed E-state index contributed by atoms with van der Waals surface area (Å²) in [5, 5.41) is 21.0. The molecule has 2 amide bonds. The zero-order valence-corrected chi connectivity index (χ0v) is 28.2. The number of nitrogens with one attached hydrogen (secondary N) is 3. The van der Waals surface area contributed by atoms with E-state index in [1.807, 2.05) is 31.2 Å². The van der Waals surface area contributed by atoms with Crippen LogP contribution in [-0.4, -0.2) is 49.9 Å². The van der Waals surface area contributed by atoms with Crippen molar-refractivity contribution in [2.75, 3.05) is 20.3 Å². The molecule has 0 aromatic heterocycles. The van der Waals surface area contributed by atoms with Gasteiger partial charge in [-0.3, -0.25) is 5.43 Å². The van der Waals surface area contributed by atoms with Gasteiger partial charge in [-0.15, -0.1) is 0 Å². The molecule has 2 atom stereocenters. The summed E-state index contributed by atoms with van der Waals surface area (Å²) in [6.07, 6.45) is 0.425. The van der Waals surface area contributed by atoms with Crippen LogP contribution in [0.2, 0.25) is 10.0 Å². The zero-order valence-electron chi connectivity index (χ0n) is 24.5. The van der Waals surface area contributed by atoms with E-state index in [-0.39, 0.29) is 12.2 Å². The number of esters is 1. The molecule has 1 aliphatic rings. The first-order valence-corrected chi connectivity index (χ1v) is 15.5. The second-order valence-electron chi connectivity index (χ2n) is 9.63. The summed E-state index contributed by atoms with van der Waals surface area (Å²) < 4.78 is 23.2. The van der Waals surface area contributed by atoms with Crippen molar-refractivity contribution in [3.8, 4) is 17.2 Å². The zero-order chi connectivity index (χ0) is 32.5. The molecule has 1 heterocycles. The highest BCUT2D eigenvalue weighted by Crippen LogP contribution is 2.35. The average molecular weight is 769 g/mol. The third-order valence-corrected chi connectivity index (χ3v) is 7.89. The summed E-state index contributed by atoms with van der Waals surface area (Å²) in [5.74, 6) is 0.842. The highest BCUT2D eigenvalue weighted by molar-refractivity contribution is 14.1. The Kier molecular flexibility index (Phi) is 12.2. The SMILES string of the molecule is CCOc1cc([C@H]2NC(=O)NC(C)=C2C(=O)OC)ccc1OC[C@@H](O)N/N=C\c1ccc(OCc2ccc(Cl)cc2Cl)c(I)c1. The van der Waals surface area contributed by atoms with Crippen LogP contribution in [0.4, 0.5) is 4.79 Å². The molecule has 1 aliphatic heterocycles. The number of allylic oxidation sites excluding steroid dienone is 1. The van der Waals surface area contributed by atoms with E-state index in [0.29, 0.717) is 51.8 Å². The number of hydrogen-bond acceptors (Lipinski definition) is 9. The fraction of sp³-hybridized carbons (Fsp3) is 0.258. The number of aliphatic hydroxyl groups is 1. The second kappa shape index (κ2) is 16.0. The highest BCUT2D eigenvalue weighted by Gasteiger charge is 2.32. The minimum Gasteiger partial charge on any atom is -0.490 e. The number of urea groups is 1. The van der Waals surface area contributed by atoms with Crippen LogP contribution in [0.1, 0.15) is 36.6 Å². The van der Waals surface area contributed by atoms with Gasteiger partial charge in [0, 0.05) is 21.3 Å². The molecular formula is C31H31Cl2IN4O7. The predicted molar refractivity (Wildman–Crippen MR) is 179 cm³/mol. The van der Waals surface area contributed by atoms with Crippen molar-refractivity contribution >= 4 is 64.0 Å². The Morgan fingerprint density at radius 2 is 1.87 bits per heavy atom. The number of benzene rings is 3. The van der Waals surface area contributed by atoms with Crippen LogP contribution in [0.25, 0.3) is 0 Å². The molecule has 238 valence electrons. The van der Waals surface area contributed by atoms with Crippen molar-refractivity contribution in [2.45, 2.75) is 32.7 Å². The van der Waals surface area contributed by atoms with Gasteiger partial charge in [0.2, 0.25) is 0 Å². The van der Waals surface area contributed by atoms with Gasteiger partial charge >= 0.3 is 12.0 Å². The molecular weight excluding hydrogens is 738 g/mol. The van der Waals surface area contributed by atoms with Crippen LogP contribution in [0.3, 0.4) is 0 Å². The smallest absolute Gasteiger partial charge is 0.337 e. The van der Waals surface area contributed by atoms with E-state index in [0.717, 1.165) is 14.7 Å². The molecule has 0 unspecified atom stereocenters. The molecule has 0 saturated heterocycles. The molecule has 4 rings (SSSR count). The number of ether oxygens (including phenoxy) is 4. The number of carbonyl (C=O) groups is 2. The largest absolute Gasteiger partial charge is 0.490 e. The molecule has 3 aromatic rings. The normalized spacial score (nSPS) is 15.3. The minimum absolute atomic E-state index is 0.148. The molecule has 0 saturated carbocycles. The summed E-state index contributed by atoms with van der Waals surface area (Å²) in [6.45, 7) is 3.92. The van der Waals surface area contributed by atoms with Gasteiger partial charge in [-0.2, -0.15) is 5.10 Å². The molecule has 0 spiro atoms. The third kappa shape index (κ3) is 9.16. The standard InChI is InChI=1S/C31H31Cl2IN4O7/c1-4-43-26-12-19(29-28(30(40)42-3)17(2)36-31(41)37-29)7-10-25(26)45-16-27(39)38-35-14-18-5-9-24(23(34)11-18)44-15-20-6-8-21(32)13-22(20)33/h5-14,27,29,38-39H,4,15-16H2,1-3H3,(H2,36,37,41)/b35-14-/t27-,29-/m1/s1. The minimum atomic E-state index is -1.14. The Morgan fingerprint density at radius 3 is 2.58 bits per heavy atom. The summed E-state index contributed by atoms with van der Waals surface area (Å²) in [4.78, 5) is 24.6. The van der Waals surface area contributed by atoms with Gasteiger partial charge in [-0.05, 0) is 90.0 Å². The number of carbonyl (C=O) groups excluding carboxylic acids is 2. The number of nitrogens with zero attached hydrogens (tertiary/aromatic N) is 1. The van der Waals surface area contributed by atoms with E-state index in [1.54, 1.807) is 43.5 Å². The lowest BCUT2D eigenvalue weighted by Crippen LogP contribution is -2.45. The van der Waals surface area contributed by atoms with E-state index < -0.39 is 24.3 Å². The molecule has 45 heavy (non-hydrogen) atoms. The van der Waals surface area contributed by atoms with Crippen LogP contribution in [0.15, 0.2) is 71.0 Å². The Bertz CT molecular complexity index is 1620. The second-order valence-corrected chi connectivity index (χ2v) is 11.6. The van der Waals surface area contributed by atoms with Gasteiger partial charge in [-0.25, -0.2) is 9.59 Å². The summed E-state index contributed by atoms with van der Waals surface area (Å²) in [6, 6.07) is 14.6. The third-order valence-electron chi connectivity index (χ3n) is 6.46. The number of hydrogen-bond donors (Lipinski definition) is 4. The van der Waals surface area contributed by atoms with E-state index in [9.17, 15) is 14.7 Å². The van der Waals surface area contributed by atoms with E-state index in [2.05, 4.69) is 43.8 Å². The molecule has 0 bridgehead atoms. The lowest BCUT2D eigenvalue weighted by molar-refractivity contribution is -0.136. The number of amides is 2. The molecule has 0 aliphatic carbocycles. The maximum absolute atomic E-state index is 12.4. The molecule has 4 N–H and O–H groups in total. The van der Waals surface area contributed by atoms with Crippen molar-refractivity contribution in [1.82, 2.24) is 16.1 Å². The monoisotopic (exact) mass is 768 g/mol. The maximum atomic E-state index is 12.4. The van der Waals surface area contributed by atoms with Crippen LogP contribution in [-0.2, 0) is 16.1 Å². The number of rotatable bonds is 13. The maximum Gasteiger partial charge on any atom is 0.337 e. The van der Waals surface area contributed by atoms with Crippen LogP contribution >= 0.6 is 45.8 Å². The van der Waals surface area contributed by atoms with Gasteiger partial charge < -0.3 is 34.7 Å². The summed E-state index contributed by atoms with van der Waals surface area (Å²) >= 11 is 14.4. The Labute approximate surface area is 284 Å². The predicted octanol–water partition coefficient (Wildman–Crippen LogP) is 5.70. The van der Waals surface area contributed by atoms with Gasteiger partial charge in [-0.1, -0.05) is 35.3 Å². The Balaban J connectivity index is 1.34. The highest BCUT2D eigenvalue weighted by atomic mass is 127. The topological polar surface area (TPSA) is 140 Å². The summed E-state index contributed by atoms with van der Waals surface area (Å²) in [5.41, 5.74) is 5.48. The van der Waals surface area contributed by atoms with Crippen LogP contribution < -0.4 is 30.3 Å². The molecule has 3 aromatic carbocycles. The van der Waals surface area contributed by atoms with Gasteiger partial charge in [0.1, 0.15) is 19.0 Å². The number of aliphatic hydroxyl groups excluding tert-OH is 1. The quantitative estimate of drug-likeness (QED) is 0.0572. The van der Waals surface area contributed by atoms with E-state index in [4.69, 9.17) is 42.1 Å².